The molecule has 0 atom stereocenters. The van der Waals surface area contributed by atoms with Crippen molar-refractivity contribution in [1.29, 1.82) is 0 Å². The molecular formula is C24H19N3OS. The summed E-state index contributed by atoms with van der Waals surface area (Å²) in [5.74, 6) is 1.11. The third-order valence-electron chi connectivity index (χ3n) is 5.24. The minimum Gasteiger partial charge on any atom is -0.293 e. The van der Waals surface area contributed by atoms with Crippen molar-refractivity contribution in [2.45, 2.75) is 18.5 Å². The maximum absolute atomic E-state index is 12.8. The van der Waals surface area contributed by atoms with Crippen LogP contribution in [0.2, 0.25) is 0 Å². The number of hydrogen-bond acceptors (Lipinski definition) is 4. The number of carbonyl (C=O) groups is 1. The van der Waals surface area contributed by atoms with Crippen molar-refractivity contribution in [3.05, 3.63) is 89.0 Å². The molecule has 0 unspecified atom stereocenters. The van der Waals surface area contributed by atoms with Crippen LogP contribution in [0.5, 0.6) is 0 Å². The molecule has 0 saturated heterocycles. The number of thioether (sulfide) groups is 1. The van der Waals surface area contributed by atoms with E-state index in [1.807, 2.05) is 42.5 Å². The molecule has 1 N–H and O–H groups in total. The normalized spacial score (nSPS) is 11.9. The molecule has 0 radical (unpaired) electrons. The molecule has 5 heteroatoms. The molecule has 0 bridgehead atoms. The molecular weight excluding hydrogens is 378 g/mol. The number of carbonyl (C=O) groups excluding carboxylic acids is 1. The molecule has 1 heterocycles. The Hall–Kier alpha value is -3.18. The predicted octanol–water partition coefficient (Wildman–Crippen LogP) is 5.33. The zero-order valence-electron chi connectivity index (χ0n) is 16.0. The summed E-state index contributed by atoms with van der Waals surface area (Å²) in [6.07, 6.45) is 0.938. The van der Waals surface area contributed by atoms with E-state index in [0.29, 0.717) is 16.7 Å². The lowest BCUT2D eigenvalue weighted by Crippen LogP contribution is -2.03. The number of Topliss-reactive ketones (excluding diaryl/α,β-unsaturated/α-hetero) is 1. The summed E-state index contributed by atoms with van der Waals surface area (Å²) in [5.41, 5.74) is 7.95. The average Bonchev–Trinajstić information content (AvgIpc) is 3.37. The van der Waals surface area contributed by atoms with Gasteiger partial charge in [-0.1, -0.05) is 78.0 Å². The van der Waals surface area contributed by atoms with Crippen molar-refractivity contribution in [2.75, 3.05) is 5.75 Å². The van der Waals surface area contributed by atoms with Gasteiger partial charge in [-0.2, -0.15) is 0 Å². The van der Waals surface area contributed by atoms with E-state index in [1.54, 1.807) is 0 Å². The van der Waals surface area contributed by atoms with Gasteiger partial charge in [-0.25, -0.2) is 4.98 Å². The Morgan fingerprint density at radius 3 is 2.66 bits per heavy atom. The van der Waals surface area contributed by atoms with Gasteiger partial charge in [0.2, 0.25) is 5.16 Å². The van der Waals surface area contributed by atoms with Crippen LogP contribution >= 0.6 is 11.8 Å². The van der Waals surface area contributed by atoms with Crippen LogP contribution in [0.4, 0.5) is 0 Å². The fourth-order valence-electron chi connectivity index (χ4n) is 3.66. The van der Waals surface area contributed by atoms with Crippen LogP contribution in [-0.2, 0) is 6.42 Å². The molecule has 5 rings (SSSR count). The summed E-state index contributed by atoms with van der Waals surface area (Å²) in [7, 11) is 0. The van der Waals surface area contributed by atoms with Gasteiger partial charge in [0.1, 0.15) is 0 Å². The average molecular weight is 398 g/mol. The molecule has 1 aliphatic rings. The number of H-pyrrole nitrogens is 1. The van der Waals surface area contributed by atoms with Crippen LogP contribution in [0.3, 0.4) is 0 Å². The summed E-state index contributed by atoms with van der Waals surface area (Å²) in [6, 6.07) is 22.5. The molecule has 3 aromatic carbocycles. The minimum atomic E-state index is 0.0869. The van der Waals surface area contributed by atoms with Crippen molar-refractivity contribution >= 4 is 17.5 Å². The maximum Gasteiger partial charge on any atom is 0.209 e. The van der Waals surface area contributed by atoms with Gasteiger partial charge in [-0.05, 0) is 41.7 Å². The highest BCUT2D eigenvalue weighted by Gasteiger charge is 2.19. The summed E-state index contributed by atoms with van der Waals surface area (Å²) in [4.78, 5) is 17.3. The monoisotopic (exact) mass is 397 g/mol. The van der Waals surface area contributed by atoms with E-state index in [9.17, 15) is 4.79 Å². The number of nitrogens with one attached hydrogen (secondary N) is 1. The van der Waals surface area contributed by atoms with E-state index in [1.165, 1.54) is 39.6 Å². The number of hydrogen-bond donors (Lipinski definition) is 1. The Morgan fingerprint density at radius 2 is 1.79 bits per heavy atom. The van der Waals surface area contributed by atoms with Gasteiger partial charge in [-0.15, -0.1) is 5.10 Å². The Balaban J connectivity index is 1.29. The lowest BCUT2D eigenvalue weighted by Gasteiger charge is -2.04. The highest BCUT2D eigenvalue weighted by molar-refractivity contribution is 7.99. The number of benzene rings is 3. The molecule has 0 spiro atoms. The zero-order valence-corrected chi connectivity index (χ0v) is 16.8. The maximum atomic E-state index is 12.8. The molecule has 0 saturated carbocycles. The molecule has 0 aliphatic heterocycles. The van der Waals surface area contributed by atoms with E-state index in [0.717, 1.165) is 17.5 Å². The third kappa shape index (κ3) is 3.49. The molecule has 4 nitrogen and oxygen atoms in total. The molecule has 0 fully saturated rings. The smallest absolute Gasteiger partial charge is 0.209 e. The second-order valence-electron chi connectivity index (χ2n) is 7.25. The SMILES string of the molecule is Cc1ccc(-c2nc(SCC(=O)c3ccc4c(c3)-c3ccccc3C4)n[nH]2)cc1. The lowest BCUT2D eigenvalue weighted by molar-refractivity contribution is 0.102. The molecule has 1 aliphatic carbocycles. The first-order chi connectivity index (χ1) is 14.2. The van der Waals surface area contributed by atoms with Crippen LogP contribution in [0, 0.1) is 6.92 Å². The number of ketones is 1. The van der Waals surface area contributed by atoms with Crippen LogP contribution < -0.4 is 0 Å². The molecule has 1 aromatic heterocycles. The Morgan fingerprint density at radius 1 is 1.00 bits per heavy atom. The molecule has 142 valence electrons. The van der Waals surface area contributed by atoms with Gasteiger partial charge in [0.15, 0.2) is 11.6 Å². The number of aryl methyl sites for hydroxylation is 1. The van der Waals surface area contributed by atoms with Crippen molar-refractivity contribution in [3.63, 3.8) is 0 Å². The van der Waals surface area contributed by atoms with Gasteiger partial charge in [0.25, 0.3) is 0 Å². The largest absolute Gasteiger partial charge is 0.293 e. The Labute approximate surface area is 173 Å². The topological polar surface area (TPSA) is 58.6 Å². The van der Waals surface area contributed by atoms with Crippen LogP contribution in [0.15, 0.2) is 71.9 Å². The number of rotatable bonds is 5. The van der Waals surface area contributed by atoms with Crippen LogP contribution in [0.25, 0.3) is 22.5 Å². The van der Waals surface area contributed by atoms with Gasteiger partial charge < -0.3 is 0 Å². The van der Waals surface area contributed by atoms with E-state index in [2.05, 4.69) is 46.4 Å². The lowest BCUT2D eigenvalue weighted by atomic mass is 10.0. The standard InChI is InChI=1S/C24H19N3OS/c1-15-6-8-16(9-7-15)23-25-24(27-26-23)29-14-22(28)19-11-10-18-12-17-4-2-3-5-20(17)21(18)13-19/h2-11,13H,12,14H2,1H3,(H,25,26,27). The molecule has 29 heavy (non-hydrogen) atoms. The Kier molecular flexibility index (Phi) is 4.52. The van der Waals surface area contributed by atoms with Crippen LogP contribution in [-0.4, -0.2) is 26.7 Å². The van der Waals surface area contributed by atoms with Gasteiger partial charge in [0.05, 0.1) is 5.75 Å². The van der Waals surface area contributed by atoms with Gasteiger partial charge >= 0.3 is 0 Å². The van der Waals surface area contributed by atoms with E-state index < -0.39 is 0 Å². The third-order valence-corrected chi connectivity index (χ3v) is 6.09. The van der Waals surface area contributed by atoms with Gasteiger partial charge in [-0.3, -0.25) is 9.89 Å². The first-order valence-electron chi connectivity index (χ1n) is 9.54. The van der Waals surface area contributed by atoms with Crippen molar-refractivity contribution in [1.82, 2.24) is 15.2 Å². The first-order valence-corrected chi connectivity index (χ1v) is 10.5. The van der Waals surface area contributed by atoms with E-state index >= 15 is 0 Å². The zero-order chi connectivity index (χ0) is 19.8. The highest BCUT2D eigenvalue weighted by Crippen LogP contribution is 2.37. The summed E-state index contributed by atoms with van der Waals surface area (Å²) >= 11 is 1.36. The second-order valence-corrected chi connectivity index (χ2v) is 8.19. The van der Waals surface area contributed by atoms with E-state index in [-0.39, 0.29) is 5.78 Å². The molecule has 4 aromatic rings. The van der Waals surface area contributed by atoms with Crippen molar-refractivity contribution in [2.24, 2.45) is 0 Å². The molecule has 0 amide bonds. The fourth-order valence-corrected chi connectivity index (χ4v) is 4.35. The van der Waals surface area contributed by atoms with E-state index in [4.69, 9.17) is 0 Å². The second kappa shape index (κ2) is 7.33. The number of fused-ring (bicyclic) bond motifs is 3. The van der Waals surface area contributed by atoms with Crippen molar-refractivity contribution in [3.8, 4) is 22.5 Å². The summed E-state index contributed by atoms with van der Waals surface area (Å²) in [5, 5.41) is 7.78. The quantitative estimate of drug-likeness (QED) is 0.322. The fraction of sp³-hybridized carbons (Fsp3) is 0.125. The number of aromatic amines is 1. The number of nitrogens with zero attached hydrogens (tertiary/aromatic N) is 2. The summed E-state index contributed by atoms with van der Waals surface area (Å²) < 4.78 is 0. The first kappa shape index (κ1) is 17.9. The van der Waals surface area contributed by atoms with Crippen molar-refractivity contribution < 1.29 is 4.79 Å². The van der Waals surface area contributed by atoms with Crippen LogP contribution in [0.1, 0.15) is 27.0 Å². The Bertz CT molecular complexity index is 1210. The van der Waals surface area contributed by atoms with Gasteiger partial charge in [0, 0.05) is 11.1 Å². The minimum absolute atomic E-state index is 0.0869. The highest BCUT2D eigenvalue weighted by atomic mass is 32.2. The predicted molar refractivity (Wildman–Crippen MR) is 116 cm³/mol. The summed E-state index contributed by atoms with van der Waals surface area (Å²) in [6.45, 7) is 2.05. The number of aromatic nitrogens is 3.